The summed E-state index contributed by atoms with van der Waals surface area (Å²) < 4.78 is 0. The predicted molar refractivity (Wildman–Crippen MR) is 73.6 cm³/mol. The van der Waals surface area contributed by atoms with Crippen molar-refractivity contribution in [2.45, 2.75) is 77.6 Å². The van der Waals surface area contributed by atoms with Gasteiger partial charge >= 0.3 is 0 Å². The molecule has 0 spiro atoms. The molecule has 0 heterocycles. The summed E-state index contributed by atoms with van der Waals surface area (Å²) in [5.74, 6) is 2.08. The molecule has 0 radical (unpaired) electrons. The van der Waals surface area contributed by atoms with Gasteiger partial charge < -0.3 is 0 Å². The first-order valence-corrected chi connectivity index (χ1v) is 7.49. The van der Waals surface area contributed by atoms with Gasteiger partial charge in [0.25, 0.3) is 0 Å². The number of rotatable bonds is 11. The van der Waals surface area contributed by atoms with Gasteiger partial charge in [0, 0.05) is 0 Å². The molecule has 0 aromatic heterocycles. The highest BCUT2D eigenvalue weighted by molar-refractivity contribution is 4.90. The van der Waals surface area contributed by atoms with E-state index in [1.165, 1.54) is 70.6 Å². The van der Waals surface area contributed by atoms with E-state index in [0.717, 1.165) is 11.8 Å². The van der Waals surface area contributed by atoms with Gasteiger partial charge in [-0.15, -0.1) is 6.58 Å². The third-order valence-corrected chi connectivity index (χ3v) is 3.97. The van der Waals surface area contributed by atoms with Crippen molar-refractivity contribution in [3.05, 3.63) is 12.7 Å². The van der Waals surface area contributed by atoms with Crippen LogP contribution in [0.25, 0.3) is 0 Å². The summed E-state index contributed by atoms with van der Waals surface area (Å²) in [7, 11) is 0. The fraction of sp³-hybridized carbons (Fsp3) is 0.875. The number of unbranched alkanes of at least 4 members (excludes halogenated alkanes) is 7. The van der Waals surface area contributed by atoms with Crippen molar-refractivity contribution >= 4 is 0 Å². The SMILES string of the molecule is C=CC[C@H]1C[C@H]1CCCCCCCCCC. The molecule has 0 N–H and O–H groups in total. The number of allylic oxidation sites excluding steroid dienone is 1. The number of hydrogen-bond donors (Lipinski definition) is 0. The Morgan fingerprint density at radius 3 is 2.19 bits per heavy atom. The van der Waals surface area contributed by atoms with E-state index in [9.17, 15) is 0 Å². The molecule has 0 amide bonds. The second kappa shape index (κ2) is 8.84. The average molecular weight is 222 g/mol. The van der Waals surface area contributed by atoms with E-state index in [1.807, 2.05) is 0 Å². The molecule has 1 fully saturated rings. The van der Waals surface area contributed by atoms with Crippen LogP contribution in [0.15, 0.2) is 12.7 Å². The summed E-state index contributed by atoms with van der Waals surface area (Å²) in [6.07, 6.45) is 18.0. The topological polar surface area (TPSA) is 0 Å². The molecular formula is C16H30. The Bertz CT molecular complexity index is 171. The van der Waals surface area contributed by atoms with Gasteiger partial charge in [0.15, 0.2) is 0 Å². The van der Waals surface area contributed by atoms with Crippen LogP contribution >= 0.6 is 0 Å². The molecule has 0 nitrogen and oxygen atoms in total. The van der Waals surface area contributed by atoms with Gasteiger partial charge in [0.05, 0.1) is 0 Å². The highest BCUT2D eigenvalue weighted by atomic mass is 14.4. The van der Waals surface area contributed by atoms with Crippen LogP contribution in [0.4, 0.5) is 0 Å². The van der Waals surface area contributed by atoms with Crippen molar-refractivity contribution in [1.29, 1.82) is 0 Å². The van der Waals surface area contributed by atoms with Gasteiger partial charge in [-0.3, -0.25) is 0 Å². The van der Waals surface area contributed by atoms with Gasteiger partial charge in [0.2, 0.25) is 0 Å². The summed E-state index contributed by atoms with van der Waals surface area (Å²) in [4.78, 5) is 0. The molecule has 1 rings (SSSR count). The minimum absolute atomic E-state index is 1.02. The zero-order valence-corrected chi connectivity index (χ0v) is 11.2. The van der Waals surface area contributed by atoms with Gasteiger partial charge in [0.1, 0.15) is 0 Å². The molecule has 94 valence electrons. The van der Waals surface area contributed by atoms with Crippen molar-refractivity contribution in [1.82, 2.24) is 0 Å². The standard InChI is InChI=1S/C16H30/c1-3-5-6-7-8-9-10-11-13-16-14-15(16)12-4-2/h4,15-16H,2-3,5-14H2,1H3/t15-,16+/m0/s1. The van der Waals surface area contributed by atoms with Crippen LogP contribution in [0.3, 0.4) is 0 Å². The lowest BCUT2D eigenvalue weighted by Crippen LogP contribution is -1.84. The molecule has 0 heteroatoms. The van der Waals surface area contributed by atoms with E-state index < -0.39 is 0 Å². The van der Waals surface area contributed by atoms with Crippen LogP contribution in [0.5, 0.6) is 0 Å². The van der Waals surface area contributed by atoms with E-state index in [4.69, 9.17) is 0 Å². The maximum atomic E-state index is 3.82. The highest BCUT2D eigenvalue weighted by Gasteiger charge is 2.34. The fourth-order valence-electron chi connectivity index (χ4n) is 2.71. The van der Waals surface area contributed by atoms with Crippen LogP contribution in [0.2, 0.25) is 0 Å². The van der Waals surface area contributed by atoms with E-state index in [-0.39, 0.29) is 0 Å². The van der Waals surface area contributed by atoms with Crippen molar-refractivity contribution in [3.63, 3.8) is 0 Å². The van der Waals surface area contributed by atoms with Crippen molar-refractivity contribution < 1.29 is 0 Å². The van der Waals surface area contributed by atoms with Crippen molar-refractivity contribution in [3.8, 4) is 0 Å². The predicted octanol–water partition coefficient (Wildman–Crippen LogP) is 5.73. The van der Waals surface area contributed by atoms with E-state index in [1.54, 1.807) is 0 Å². The van der Waals surface area contributed by atoms with E-state index in [0.29, 0.717) is 0 Å². The lowest BCUT2D eigenvalue weighted by molar-refractivity contribution is 0.538. The van der Waals surface area contributed by atoms with Crippen molar-refractivity contribution in [2.75, 3.05) is 0 Å². The first-order valence-electron chi connectivity index (χ1n) is 7.49. The Kier molecular flexibility index (Phi) is 7.63. The molecule has 1 aliphatic carbocycles. The van der Waals surface area contributed by atoms with Crippen molar-refractivity contribution in [2.24, 2.45) is 11.8 Å². The smallest absolute Gasteiger partial charge is 0.0322 e. The molecular weight excluding hydrogens is 192 g/mol. The zero-order chi connectivity index (χ0) is 11.6. The Hall–Kier alpha value is -0.260. The molecule has 1 aliphatic rings. The molecule has 0 aromatic rings. The van der Waals surface area contributed by atoms with E-state index >= 15 is 0 Å². The lowest BCUT2D eigenvalue weighted by atomic mass is 10.1. The molecule has 0 bridgehead atoms. The summed E-state index contributed by atoms with van der Waals surface area (Å²) in [6, 6.07) is 0. The van der Waals surface area contributed by atoms with Crippen LogP contribution in [-0.2, 0) is 0 Å². The third-order valence-electron chi connectivity index (χ3n) is 3.97. The Balaban J connectivity index is 1.74. The fourth-order valence-corrected chi connectivity index (χ4v) is 2.71. The zero-order valence-electron chi connectivity index (χ0n) is 11.2. The molecule has 0 unspecified atom stereocenters. The Labute approximate surface area is 103 Å². The molecule has 2 atom stereocenters. The van der Waals surface area contributed by atoms with Crippen LogP contribution in [0, 0.1) is 11.8 Å². The van der Waals surface area contributed by atoms with Gasteiger partial charge in [-0.1, -0.05) is 70.8 Å². The molecule has 0 saturated heterocycles. The van der Waals surface area contributed by atoms with Gasteiger partial charge in [-0.25, -0.2) is 0 Å². The second-order valence-electron chi connectivity index (χ2n) is 5.54. The van der Waals surface area contributed by atoms with Gasteiger partial charge in [-0.2, -0.15) is 0 Å². The third kappa shape index (κ3) is 6.35. The molecule has 0 aliphatic heterocycles. The summed E-state index contributed by atoms with van der Waals surface area (Å²) in [6.45, 7) is 6.11. The summed E-state index contributed by atoms with van der Waals surface area (Å²) >= 11 is 0. The summed E-state index contributed by atoms with van der Waals surface area (Å²) in [5, 5.41) is 0. The van der Waals surface area contributed by atoms with Crippen LogP contribution in [-0.4, -0.2) is 0 Å². The highest BCUT2D eigenvalue weighted by Crippen LogP contribution is 2.44. The Morgan fingerprint density at radius 2 is 1.56 bits per heavy atom. The first kappa shape index (κ1) is 13.8. The lowest BCUT2D eigenvalue weighted by Gasteiger charge is -2.01. The monoisotopic (exact) mass is 222 g/mol. The van der Waals surface area contributed by atoms with Crippen LogP contribution < -0.4 is 0 Å². The number of hydrogen-bond acceptors (Lipinski definition) is 0. The maximum Gasteiger partial charge on any atom is -0.0322 e. The van der Waals surface area contributed by atoms with Crippen LogP contribution in [0.1, 0.15) is 77.6 Å². The van der Waals surface area contributed by atoms with E-state index in [2.05, 4.69) is 19.6 Å². The minimum atomic E-state index is 1.02. The average Bonchev–Trinajstić information content (AvgIpc) is 3.01. The summed E-state index contributed by atoms with van der Waals surface area (Å²) in [5.41, 5.74) is 0. The largest absolute Gasteiger partial charge is 0.103 e. The maximum absolute atomic E-state index is 3.82. The molecule has 1 saturated carbocycles. The molecule has 16 heavy (non-hydrogen) atoms. The second-order valence-corrected chi connectivity index (χ2v) is 5.54. The quantitative estimate of drug-likeness (QED) is 0.309. The first-order chi connectivity index (χ1) is 7.88. The Morgan fingerprint density at radius 1 is 0.938 bits per heavy atom. The van der Waals surface area contributed by atoms with Gasteiger partial charge in [-0.05, 0) is 24.7 Å². The minimum Gasteiger partial charge on any atom is -0.103 e. The normalized spacial score (nSPS) is 23.3. The molecule has 0 aromatic carbocycles.